The molecule has 0 spiro atoms. The number of ether oxygens (including phenoxy) is 1. The van der Waals surface area contributed by atoms with Crippen LogP contribution in [0.15, 0.2) is 97.3 Å². The first kappa shape index (κ1) is 25.0. The molecule has 2 N–H and O–H groups in total. The number of hydrogen-bond donors (Lipinski definition) is 2. The maximum atomic E-state index is 9.41. The van der Waals surface area contributed by atoms with Crippen LogP contribution >= 0.6 is 11.6 Å². The van der Waals surface area contributed by atoms with Crippen molar-refractivity contribution in [2.45, 2.75) is 6.54 Å². The van der Waals surface area contributed by atoms with E-state index < -0.39 is 0 Å². The first-order valence-corrected chi connectivity index (χ1v) is 14.0. The van der Waals surface area contributed by atoms with Gasteiger partial charge in [0.05, 0.1) is 10.5 Å². The fraction of sp³-hybridized carbons (Fsp3) is 0.212. The molecule has 2 heterocycles. The summed E-state index contributed by atoms with van der Waals surface area (Å²) in [6, 6.07) is 30.3. The van der Waals surface area contributed by atoms with Crippen LogP contribution in [0.1, 0.15) is 5.56 Å². The molecule has 1 aliphatic heterocycles. The van der Waals surface area contributed by atoms with Crippen molar-refractivity contribution in [3.05, 3.63) is 108 Å². The highest BCUT2D eigenvalue weighted by atomic mass is 35.5. The number of anilines is 2. The van der Waals surface area contributed by atoms with Crippen molar-refractivity contribution in [1.82, 2.24) is 14.9 Å². The maximum absolute atomic E-state index is 9.41. The first-order valence-electron chi connectivity index (χ1n) is 13.6. The Labute approximate surface area is 238 Å². The van der Waals surface area contributed by atoms with Gasteiger partial charge in [-0.2, -0.15) is 0 Å². The maximum Gasteiger partial charge on any atom is 0.146 e. The summed E-state index contributed by atoms with van der Waals surface area (Å²) in [4.78, 5) is 11.5. The molecule has 0 bridgehead atoms. The molecule has 1 aromatic heterocycles. The van der Waals surface area contributed by atoms with E-state index >= 15 is 0 Å². The number of nitrogens with zero attached hydrogens (tertiary/aromatic N) is 3. The van der Waals surface area contributed by atoms with E-state index in [9.17, 15) is 5.11 Å². The van der Waals surface area contributed by atoms with E-state index in [0.29, 0.717) is 41.0 Å². The van der Waals surface area contributed by atoms with Gasteiger partial charge in [0.1, 0.15) is 23.6 Å². The molecule has 2 fully saturated rings. The molecule has 4 aromatic carbocycles. The highest BCUT2D eigenvalue weighted by Gasteiger charge is 2.54. The molecule has 7 heteroatoms. The van der Waals surface area contributed by atoms with Gasteiger partial charge in [0.2, 0.25) is 0 Å². The Morgan fingerprint density at radius 1 is 0.875 bits per heavy atom. The summed E-state index contributed by atoms with van der Waals surface area (Å²) in [6.45, 7) is 3.51. The average molecular weight is 549 g/mol. The predicted octanol–water partition coefficient (Wildman–Crippen LogP) is 7.16. The van der Waals surface area contributed by atoms with Crippen LogP contribution < -0.4 is 10.1 Å². The number of piperidine rings is 1. The molecule has 40 heavy (non-hydrogen) atoms. The van der Waals surface area contributed by atoms with Crippen LogP contribution in [0, 0.1) is 17.8 Å². The molecule has 1 saturated heterocycles. The third-order valence-electron chi connectivity index (χ3n) is 8.15. The lowest BCUT2D eigenvalue weighted by molar-refractivity contribution is 0.217. The lowest BCUT2D eigenvalue weighted by atomic mass is 10.0. The summed E-state index contributed by atoms with van der Waals surface area (Å²) in [5.41, 5.74) is 5.24. The van der Waals surface area contributed by atoms with Crippen LogP contribution in [0.2, 0.25) is 5.02 Å². The quantitative estimate of drug-likeness (QED) is 0.214. The van der Waals surface area contributed by atoms with Crippen LogP contribution in [0.4, 0.5) is 11.5 Å². The number of nitrogens with one attached hydrogen (secondary N) is 1. The smallest absolute Gasteiger partial charge is 0.146 e. The van der Waals surface area contributed by atoms with Crippen LogP contribution in [0.5, 0.6) is 11.5 Å². The molecule has 2 unspecified atom stereocenters. The number of para-hydroxylation sites is 1. The normalized spacial score (nSPS) is 19.9. The van der Waals surface area contributed by atoms with Crippen molar-refractivity contribution in [1.29, 1.82) is 0 Å². The molecule has 7 rings (SSSR count). The van der Waals surface area contributed by atoms with Crippen LogP contribution in [0.25, 0.3) is 22.0 Å². The Morgan fingerprint density at radius 2 is 1.65 bits per heavy atom. The van der Waals surface area contributed by atoms with Crippen molar-refractivity contribution in [2.75, 3.05) is 25.0 Å². The minimum atomic E-state index is 0.343. The third-order valence-corrected chi connectivity index (χ3v) is 8.45. The lowest BCUT2D eigenvalue weighted by Crippen LogP contribution is -2.24. The number of hydrogen-bond acceptors (Lipinski definition) is 6. The number of likely N-dealkylation sites (tertiary alicyclic amines) is 1. The van der Waals surface area contributed by atoms with Crippen molar-refractivity contribution < 1.29 is 9.84 Å². The van der Waals surface area contributed by atoms with Gasteiger partial charge in [-0.05, 0) is 76.9 Å². The molecule has 2 atom stereocenters. The number of benzene rings is 4. The molecule has 0 radical (unpaired) electrons. The molecular weight excluding hydrogens is 520 g/mol. The zero-order valence-electron chi connectivity index (χ0n) is 21.9. The minimum absolute atomic E-state index is 0.343. The van der Waals surface area contributed by atoms with Gasteiger partial charge in [0, 0.05) is 37.3 Å². The Balaban J connectivity index is 1.08. The van der Waals surface area contributed by atoms with Gasteiger partial charge < -0.3 is 15.2 Å². The predicted molar refractivity (Wildman–Crippen MR) is 159 cm³/mol. The molecule has 6 nitrogen and oxygen atoms in total. The van der Waals surface area contributed by atoms with Gasteiger partial charge in [0.25, 0.3) is 0 Å². The third kappa shape index (κ3) is 5.02. The second-order valence-electron chi connectivity index (χ2n) is 10.7. The van der Waals surface area contributed by atoms with E-state index in [4.69, 9.17) is 16.3 Å². The summed E-state index contributed by atoms with van der Waals surface area (Å²) in [6.07, 6.45) is 1.57. The Kier molecular flexibility index (Phi) is 6.60. The zero-order chi connectivity index (χ0) is 27.1. The molecular formula is C33H29ClN4O2. The van der Waals surface area contributed by atoms with Gasteiger partial charge in [-0.3, -0.25) is 4.90 Å². The summed E-state index contributed by atoms with van der Waals surface area (Å²) >= 11 is 6.55. The van der Waals surface area contributed by atoms with Crippen molar-refractivity contribution in [3.63, 3.8) is 0 Å². The topological polar surface area (TPSA) is 70.5 Å². The number of fused-ring (bicyclic) bond motifs is 2. The molecule has 5 aromatic rings. The Hall–Kier alpha value is -3.97. The molecule has 200 valence electrons. The fourth-order valence-corrected chi connectivity index (χ4v) is 6.17. The van der Waals surface area contributed by atoms with E-state index in [1.54, 1.807) is 6.33 Å². The van der Waals surface area contributed by atoms with Gasteiger partial charge in [-0.25, -0.2) is 9.97 Å². The van der Waals surface area contributed by atoms with Crippen LogP contribution in [-0.2, 0) is 6.54 Å². The van der Waals surface area contributed by atoms with Gasteiger partial charge in [0.15, 0.2) is 0 Å². The number of aliphatic hydroxyl groups is 1. The molecule has 0 amide bonds. The van der Waals surface area contributed by atoms with E-state index in [2.05, 4.69) is 56.6 Å². The number of halogens is 1. The zero-order valence-corrected chi connectivity index (χ0v) is 22.6. The average Bonchev–Trinajstić information content (AvgIpc) is 3.47. The lowest BCUT2D eigenvalue weighted by Gasteiger charge is -2.19. The van der Waals surface area contributed by atoms with Crippen LogP contribution in [0.3, 0.4) is 0 Å². The van der Waals surface area contributed by atoms with E-state index in [-0.39, 0.29) is 0 Å². The van der Waals surface area contributed by atoms with E-state index in [1.165, 1.54) is 5.56 Å². The number of rotatable bonds is 8. The van der Waals surface area contributed by atoms with Crippen LogP contribution in [-0.4, -0.2) is 39.7 Å². The number of aromatic nitrogens is 2. The van der Waals surface area contributed by atoms with Gasteiger partial charge >= 0.3 is 0 Å². The van der Waals surface area contributed by atoms with Crippen molar-refractivity contribution in [2.24, 2.45) is 17.8 Å². The summed E-state index contributed by atoms with van der Waals surface area (Å²) in [5.74, 6) is 3.97. The SMILES string of the molecule is OCC1C2CN(Cc3ccc(-c4ccc5ncnc(Nc6ccc(Oc7ccccc7)c(Cl)c6)c5c4)cc3)CC12. The van der Waals surface area contributed by atoms with Gasteiger partial charge in [-0.15, -0.1) is 0 Å². The van der Waals surface area contributed by atoms with Gasteiger partial charge in [-0.1, -0.05) is 60.1 Å². The molecule has 1 saturated carbocycles. The monoisotopic (exact) mass is 548 g/mol. The van der Waals surface area contributed by atoms with E-state index in [1.807, 2.05) is 54.6 Å². The fourth-order valence-electron chi connectivity index (χ4n) is 5.95. The summed E-state index contributed by atoms with van der Waals surface area (Å²) in [5, 5.41) is 14.3. The highest BCUT2D eigenvalue weighted by molar-refractivity contribution is 6.32. The highest BCUT2D eigenvalue weighted by Crippen LogP contribution is 2.51. The number of aliphatic hydroxyl groups excluding tert-OH is 1. The Bertz CT molecular complexity index is 1650. The Morgan fingerprint density at radius 3 is 2.40 bits per heavy atom. The standard InChI is InChI=1S/C33H29ClN4O2/c34-30-15-24(11-13-32(30)40-25-4-2-1-3-5-25)37-33-26-14-23(10-12-31(26)35-20-36-33)22-8-6-21(7-9-22)16-38-17-27-28(18-38)29(27)19-39/h1-15,20,27-29,39H,16-19H2,(H,35,36,37). The molecule has 1 aliphatic carbocycles. The molecule has 2 aliphatic rings. The van der Waals surface area contributed by atoms with E-state index in [0.717, 1.165) is 53.1 Å². The second kappa shape index (κ2) is 10.5. The summed E-state index contributed by atoms with van der Waals surface area (Å²) in [7, 11) is 0. The second-order valence-corrected chi connectivity index (χ2v) is 11.1. The van der Waals surface area contributed by atoms with Crippen molar-refractivity contribution in [3.8, 4) is 22.6 Å². The first-order chi connectivity index (χ1) is 19.6. The summed E-state index contributed by atoms with van der Waals surface area (Å²) < 4.78 is 5.91. The minimum Gasteiger partial charge on any atom is -0.456 e. The van der Waals surface area contributed by atoms with Crippen molar-refractivity contribution >= 4 is 34.0 Å². The largest absolute Gasteiger partial charge is 0.456 e.